The van der Waals surface area contributed by atoms with E-state index in [-0.39, 0.29) is 0 Å². The summed E-state index contributed by atoms with van der Waals surface area (Å²) in [7, 11) is 3.99. The minimum Gasteiger partial charge on any atom is -0.492 e. The Hall–Kier alpha value is -3.38. The first-order chi connectivity index (χ1) is 13.6. The van der Waals surface area contributed by atoms with Crippen LogP contribution in [0.3, 0.4) is 0 Å². The van der Waals surface area contributed by atoms with E-state index in [1.807, 2.05) is 73.7 Å². The largest absolute Gasteiger partial charge is 0.492 e. The van der Waals surface area contributed by atoms with Crippen molar-refractivity contribution in [2.24, 2.45) is 5.16 Å². The second kappa shape index (κ2) is 7.70. The number of hydrogen-bond donors (Lipinski definition) is 1. The Balaban J connectivity index is 1.74. The highest BCUT2D eigenvalue weighted by Crippen LogP contribution is 2.25. The van der Waals surface area contributed by atoms with E-state index in [9.17, 15) is 5.21 Å². The molecule has 0 bridgehead atoms. The van der Waals surface area contributed by atoms with Gasteiger partial charge in [-0.3, -0.25) is 4.98 Å². The van der Waals surface area contributed by atoms with Crippen LogP contribution in [0.2, 0.25) is 0 Å². The number of nitrogens with zero attached hydrogens (tertiary/aromatic N) is 3. The Bertz CT molecular complexity index is 1200. The molecule has 0 fully saturated rings. The maximum absolute atomic E-state index is 9.53. The molecular weight excluding hydrogens is 354 g/mol. The SMILES string of the molecule is CN(C)CCOc1ccc2oc(-c3cc4ccccc4cn3)c/c(=N/O)c2c1. The first-order valence-corrected chi connectivity index (χ1v) is 9.03. The number of hydrogen-bond acceptors (Lipinski definition) is 6. The fourth-order valence-corrected chi connectivity index (χ4v) is 3.01. The predicted octanol–water partition coefficient (Wildman–Crippen LogP) is 3.88. The first-order valence-electron chi connectivity index (χ1n) is 9.03. The van der Waals surface area contributed by atoms with Crippen molar-refractivity contribution in [2.45, 2.75) is 0 Å². The molecule has 6 nitrogen and oxygen atoms in total. The normalized spacial score (nSPS) is 12.2. The van der Waals surface area contributed by atoms with Gasteiger partial charge >= 0.3 is 0 Å². The molecule has 6 heteroatoms. The minimum atomic E-state index is 0.407. The zero-order valence-electron chi connectivity index (χ0n) is 15.8. The number of aromatic nitrogens is 1. The predicted molar refractivity (Wildman–Crippen MR) is 108 cm³/mol. The van der Waals surface area contributed by atoms with Gasteiger partial charge in [0.25, 0.3) is 0 Å². The molecule has 0 aliphatic carbocycles. The molecule has 0 aliphatic rings. The van der Waals surface area contributed by atoms with Crippen LogP contribution in [-0.4, -0.2) is 42.3 Å². The molecular formula is C22H21N3O3. The fourth-order valence-electron chi connectivity index (χ4n) is 3.01. The minimum absolute atomic E-state index is 0.407. The third-order valence-electron chi connectivity index (χ3n) is 4.51. The van der Waals surface area contributed by atoms with Gasteiger partial charge in [0.05, 0.1) is 5.39 Å². The summed E-state index contributed by atoms with van der Waals surface area (Å²) in [6.45, 7) is 1.38. The van der Waals surface area contributed by atoms with Gasteiger partial charge in [-0.05, 0) is 43.7 Å². The third kappa shape index (κ3) is 3.68. The first kappa shape index (κ1) is 18.0. The quantitative estimate of drug-likeness (QED) is 0.423. The number of pyridine rings is 1. The highest BCUT2D eigenvalue weighted by molar-refractivity contribution is 5.85. The van der Waals surface area contributed by atoms with Crippen LogP contribution in [0.4, 0.5) is 0 Å². The molecule has 4 aromatic rings. The van der Waals surface area contributed by atoms with Crippen LogP contribution in [0, 0.1) is 0 Å². The van der Waals surface area contributed by atoms with Crippen LogP contribution in [0.1, 0.15) is 0 Å². The van der Waals surface area contributed by atoms with Gasteiger partial charge < -0.3 is 19.3 Å². The topological polar surface area (TPSA) is 71.1 Å². The molecule has 1 N–H and O–H groups in total. The third-order valence-corrected chi connectivity index (χ3v) is 4.51. The second-order valence-corrected chi connectivity index (χ2v) is 6.82. The van der Waals surface area contributed by atoms with Gasteiger partial charge in [0.1, 0.15) is 29.0 Å². The highest BCUT2D eigenvalue weighted by atomic mass is 16.5. The summed E-state index contributed by atoms with van der Waals surface area (Å²) >= 11 is 0. The van der Waals surface area contributed by atoms with E-state index in [0.29, 0.717) is 40.1 Å². The smallest absolute Gasteiger partial charge is 0.155 e. The molecule has 0 saturated carbocycles. The van der Waals surface area contributed by atoms with E-state index in [1.165, 1.54) is 0 Å². The standard InChI is InChI=1S/C22H21N3O3/c1-25(2)9-10-27-17-7-8-21-18(12-17)19(24-26)13-22(28-21)20-11-15-5-3-4-6-16(15)14-23-20/h3-8,11-14,26H,9-10H2,1-2H3/b24-19-. The number of benzene rings is 2. The number of rotatable bonds is 5. The molecule has 0 aliphatic heterocycles. The van der Waals surface area contributed by atoms with E-state index in [2.05, 4.69) is 10.1 Å². The van der Waals surface area contributed by atoms with Crippen molar-refractivity contribution < 1.29 is 14.4 Å². The summed E-state index contributed by atoms with van der Waals surface area (Å²) in [5, 5.41) is 16.2. The molecule has 2 aromatic carbocycles. The van der Waals surface area contributed by atoms with E-state index in [4.69, 9.17) is 9.15 Å². The number of fused-ring (bicyclic) bond motifs is 2. The Morgan fingerprint density at radius 2 is 1.89 bits per heavy atom. The van der Waals surface area contributed by atoms with Crippen molar-refractivity contribution in [1.82, 2.24) is 9.88 Å². The van der Waals surface area contributed by atoms with Crippen molar-refractivity contribution in [3.8, 4) is 17.2 Å². The molecule has 28 heavy (non-hydrogen) atoms. The van der Waals surface area contributed by atoms with Crippen LogP contribution >= 0.6 is 0 Å². The van der Waals surface area contributed by atoms with Crippen LogP contribution in [0.5, 0.6) is 5.75 Å². The molecule has 0 amide bonds. The van der Waals surface area contributed by atoms with E-state index >= 15 is 0 Å². The molecule has 4 rings (SSSR count). The second-order valence-electron chi connectivity index (χ2n) is 6.82. The maximum atomic E-state index is 9.53. The summed E-state index contributed by atoms with van der Waals surface area (Å²) in [6, 6.07) is 17.1. The monoisotopic (exact) mass is 375 g/mol. The van der Waals surface area contributed by atoms with Gasteiger partial charge in [-0.1, -0.05) is 29.4 Å². The zero-order chi connectivity index (χ0) is 19.5. The Morgan fingerprint density at radius 1 is 1.07 bits per heavy atom. The molecule has 0 radical (unpaired) electrons. The molecule has 0 spiro atoms. The summed E-state index contributed by atoms with van der Waals surface area (Å²) in [6.07, 6.45) is 1.81. The molecule has 2 heterocycles. The van der Waals surface area contributed by atoms with Gasteiger partial charge in [0, 0.05) is 24.2 Å². The number of likely N-dealkylation sites (N-methyl/N-ethyl adjacent to an activating group) is 1. The summed E-state index contributed by atoms with van der Waals surface area (Å²) in [5.74, 6) is 1.23. The van der Waals surface area contributed by atoms with Crippen LogP contribution in [-0.2, 0) is 0 Å². The van der Waals surface area contributed by atoms with Crippen molar-refractivity contribution in [3.63, 3.8) is 0 Å². The van der Waals surface area contributed by atoms with Crippen molar-refractivity contribution in [1.29, 1.82) is 0 Å². The van der Waals surface area contributed by atoms with Crippen molar-refractivity contribution >= 4 is 21.7 Å². The fraction of sp³-hybridized carbons (Fsp3) is 0.182. The lowest BCUT2D eigenvalue weighted by atomic mass is 10.1. The van der Waals surface area contributed by atoms with E-state index < -0.39 is 0 Å². The zero-order valence-corrected chi connectivity index (χ0v) is 15.8. The van der Waals surface area contributed by atoms with E-state index in [1.54, 1.807) is 6.07 Å². The van der Waals surface area contributed by atoms with Crippen molar-refractivity contribution in [2.75, 3.05) is 27.2 Å². The highest BCUT2D eigenvalue weighted by Gasteiger charge is 2.10. The summed E-state index contributed by atoms with van der Waals surface area (Å²) in [4.78, 5) is 6.54. The lowest BCUT2D eigenvalue weighted by Gasteiger charge is -2.11. The summed E-state index contributed by atoms with van der Waals surface area (Å²) in [5.41, 5.74) is 1.28. The van der Waals surface area contributed by atoms with Gasteiger partial charge in [-0.15, -0.1) is 0 Å². The number of ether oxygens (including phenoxy) is 1. The lowest BCUT2D eigenvalue weighted by Crippen LogP contribution is -2.19. The molecule has 0 atom stereocenters. The average molecular weight is 375 g/mol. The molecule has 0 unspecified atom stereocenters. The van der Waals surface area contributed by atoms with Crippen LogP contribution < -0.4 is 10.1 Å². The maximum Gasteiger partial charge on any atom is 0.155 e. The van der Waals surface area contributed by atoms with Crippen LogP contribution in [0.25, 0.3) is 33.2 Å². The Kier molecular flexibility index (Phi) is 4.95. The van der Waals surface area contributed by atoms with Crippen LogP contribution in [0.15, 0.2) is 70.4 Å². The van der Waals surface area contributed by atoms with E-state index in [0.717, 1.165) is 17.3 Å². The lowest BCUT2D eigenvalue weighted by molar-refractivity contribution is 0.261. The molecule has 142 valence electrons. The Labute approximate surface area is 162 Å². The molecule has 2 aromatic heterocycles. The average Bonchev–Trinajstić information content (AvgIpc) is 2.72. The van der Waals surface area contributed by atoms with Gasteiger partial charge in [0.15, 0.2) is 5.76 Å². The van der Waals surface area contributed by atoms with Crippen molar-refractivity contribution in [3.05, 3.63) is 66.2 Å². The van der Waals surface area contributed by atoms with Gasteiger partial charge in [-0.25, -0.2) is 0 Å². The Morgan fingerprint density at radius 3 is 2.68 bits per heavy atom. The molecule has 0 saturated heterocycles. The van der Waals surface area contributed by atoms with Gasteiger partial charge in [-0.2, -0.15) is 0 Å². The van der Waals surface area contributed by atoms with Gasteiger partial charge in [0.2, 0.25) is 0 Å². The summed E-state index contributed by atoms with van der Waals surface area (Å²) < 4.78 is 11.8.